The monoisotopic (exact) mass is 204 g/mol. The van der Waals surface area contributed by atoms with Gasteiger partial charge in [0.25, 0.3) is 0 Å². The number of benzene rings is 1. The number of nitrogens with one attached hydrogen (secondary N) is 1. The molecule has 0 bridgehead atoms. The first-order chi connectivity index (χ1) is 7.26. The van der Waals surface area contributed by atoms with Crippen molar-refractivity contribution in [3.63, 3.8) is 0 Å². The van der Waals surface area contributed by atoms with Crippen molar-refractivity contribution in [1.29, 1.82) is 0 Å². The molecular formula is C13H20N2. The Morgan fingerprint density at radius 3 is 2.33 bits per heavy atom. The molecule has 0 amide bonds. The topological polar surface area (TPSA) is 15.3 Å². The first-order valence-electron chi connectivity index (χ1n) is 5.48. The molecule has 1 aromatic carbocycles. The van der Waals surface area contributed by atoms with E-state index in [9.17, 15) is 0 Å². The number of rotatable bonds is 6. The molecule has 15 heavy (non-hydrogen) atoms. The summed E-state index contributed by atoms with van der Waals surface area (Å²) in [6, 6.07) is 10.2. The molecule has 0 fully saturated rings. The summed E-state index contributed by atoms with van der Waals surface area (Å²) in [6.07, 6.45) is 0. The molecule has 0 aliphatic rings. The van der Waals surface area contributed by atoms with Gasteiger partial charge in [0.2, 0.25) is 0 Å². The Kier molecular flexibility index (Phi) is 4.91. The van der Waals surface area contributed by atoms with Crippen LogP contribution in [-0.2, 0) is 0 Å². The van der Waals surface area contributed by atoms with E-state index in [1.807, 2.05) is 30.3 Å². The lowest BCUT2D eigenvalue weighted by Crippen LogP contribution is -2.27. The maximum Gasteiger partial charge on any atom is 0.0381 e. The molecule has 1 aromatic rings. The van der Waals surface area contributed by atoms with Gasteiger partial charge in [0, 0.05) is 17.9 Å². The van der Waals surface area contributed by atoms with Crippen LogP contribution in [0.5, 0.6) is 0 Å². The average Bonchev–Trinajstić information content (AvgIpc) is 2.27. The van der Waals surface area contributed by atoms with Crippen LogP contribution in [0.1, 0.15) is 13.8 Å². The SMILES string of the molecule is C=C(CN(CC)CC)Nc1ccccc1. The van der Waals surface area contributed by atoms with E-state index in [2.05, 4.69) is 30.6 Å². The molecule has 1 rings (SSSR count). The fourth-order valence-electron chi connectivity index (χ4n) is 1.48. The smallest absolute Gasteiger partial charge is 0.0381 e. The van der Waals surface area contributed by atoms with Crippen LogP contribution < -0.4 is 5.32 Å². The van der Waals surface area contributed by atoms with Crippen LogP contribution in [0, 0.1) is 0 Å². The van der Waals surface area contributed by atoms with E-state index in [0.717, 1.165) is 31.0 Å². The maximum absolute atomic E-state index is 4.03. The first kappa shape index (κ1) is 11.8. The molecule has 0 aromatic heterocycles. The van der Waals surface area contributed by atoms with Crippen LogP contribution in [-0.4, -0.2) is 24.5 Å². The molecule has 0 aliphatic carbocycles. The fourth-order valence-corrected chi connectivity index (χ4v) is 1.48. The number of hydrogen-bond donors (Lipinski definition) is 1. The number of nitrogens with zero attached hydrogens (tertiary/aromatic N) is 1. The molecule has 0 aliphatic heterocycles. The Bertz CT molecular complexity index is 289. The van der Waals surface area contributed by atoms with Gasteiger partial charge in [0.15, 0.2) is 0 Å². The predicted octanol–water partition coefficient (Wildman–Crippen LogP) is 2.95. The Hall–Kier alpha value is -1.28. The third kappa shape index (κ3) is 4.17. The van der Waals surface area contributed by atoms with E-state index in [4.69, 9.17) is 0 Å². The molecule has 0 saturated carbocycles. The van der Waals surface area contributed by atoms with Gasteiger partial charge >= 0.3 is 0 Å². The van der Waals surface area contributed by atoms with Gasteiger partial charge < -0.3 is 5.32 Å². The lowest BCUT2D eigenvalue weighted by Gasteiger charge is -2.20. The van der Waals surface area contributed by atoms with Gasteiger partial charge in [-0.2, -0.15) is 0 Å². The second-order valence-electron chi connectivity index (χ2n) is 3.56. The van der Waals surface area contributed by atoms with Crippen LogP contribution in [0.4, 0.5) is 5.69 Å². The molecule has 2 heteroatoms. The summed E-state index contributed by atoms with van der Waals surface area (Å²) in [5, 5.41) is 3.30. The summed E-state index contributed by atoms with van der Waals surface area (Å²) in [6.45, 7) is 11.4. The summed E-state index contributed by atoms with van der Waals surface area (Å²) in [4.78, 5) is 2.33. The molecule has 0 spiro atoms. The van der Waals surface area contributed by atoms with E-state index < -0.39 is 0 Å². The van der Waals surface area contributed by atoms with E-state index in [-0.39, 0.29) is 0 Å². The summed E-state index contributed by atoms with van der Waals surface area (Å²) >= 11 is 0. The number of para-hydroxylation sites is 1. The molecule has 1 N–H and O–H groups in total. The van der Waals surface area contributed by atoms with Crippen LogP contribution in [0.15, 0.2) is 42.6 Å². The van der Waals surface area contributed by atoms with Crippen LogP contribution in [0.3, 0.4) is 0 Å². The highest BCUT2D eigenvalue weighted by Crippen LogP contribution is 2.08. The Balaban J connectivity index is 2.43. The zero-order valence-corrected chi connectivity index (χ0v) is 9.66. The zero-order chi connectivity index (χ0) is 11.1. The minimum absolute atomic E-state index is 0.905. The number of hydrogen-bond acceptors (Lipinski definition) is 2. The fraction of sp³-hybridized carbons (Fsp3) is 0.385. The molecule has 0 saturated heterocycles. The summed E-state index contributed by atoms with van der Waals surface area (Å²) in [5.74, 6) is 0. The van der Waals surface area contributed by atoms with Crippen molar-refractivity contribution in [2.75, 3.05) is 25.0 Å². The van der Waals surface area contributed by atoms with Crippen molar-refractivity contribution in [2.24, 2.45) is 0 Å². The standard InChI is InChI=1S/C13H20N2/c1-4-15(5-2)11-12(3)14-13-9-7-6-8-10-13/h6-10,14H,3-5,11H2,1-2H3. The van der Waals surface area contributed by atoms with Crippen molar-refractivity contribution in [3.8, 4) is 0 Å². The van der Waals surface area contributed by atoms with Crippen molar-refractivity contribution in [2.45, 2.75) is 13.8 Å². The molecule has 0 heterocycles. The van der Waals surface area contributed by atoms with Gasteiger partial charge in [0.1, 0.15) is 0 Å². The predicted molar refractivity (Wildman–Crippen MR) is 67.0 cm³/mol. The largest absolute Gasteiger partial charge is 0.358 e. The molecule has 2 nitrogen and oxygen atoms in total. The minimum Gasteiger partial charge on any atom is -0.358 e. The van der Waals surface area contributed by atoms with Gasteiger partial charge in [-0.1, -0.05) is 38.6 Å². The van der Waals surface area contributed by atoms with E-state index >= 15 is 0 Å². The molecule has 0 atom stereocenters. The minimum atomic E-state index is 0.905. The third-order valence-corrected chi connectivity index (χ3v) is 2.40. The van der Waals surface area contributed by atoms with Crippen LogP contribution in [0.25, 0.3) is 0 Å². The lowest BCUT2D eigenvalue weighted by molar-refractivity contribution is 0.331. The Morgan fingerprint density at radius 2 is 1.80 bits per heavy atom. The zero-order valence-electron chi connectivity index (χ0n) is 9.66. The molecule has 82 valence electrons. The van der Waals surface area contributed by atoms with Crippen molar-refractivity contribution in [3.05, 3.63) is 42.6 Å². The van der Waals surface area contributed by atoms with E-state index in [0.29, 0.717) is 0 Å². The molecule has 0 unspecified atom stereocenters. The van der Waals surface area contributed by atoms with Crippen molar-refractivity contribution in [1.82, 2.24) is 4.90 Å². The van der Waals surface area contributed by atoms with E-state index in [1.54, 1.807) is 0 Å². The lowest BCUT2D eigenvalue weighted by atomic mass is 10.3. The van der Waals surface area contributed by atoms with Gasteiger partial charge in [-0.15, -0.1) is 0 Å². The summed E-state index contributed by atoms with van der Waals surface area (Å²) in [5.41, 5.74) is 2.15. The number of anilines is 1. The first-order valence-corrected chi connectivity index (χ1v) is 5.48. The average molecular weight is 204 g/mol. The van der Waals surface area contributed by atoms with Gasteiger partial charge in [0.05, 0.1) is 0 Å². The highest BCUT2D eigenvalue weighted by atomic mass is 15.1. The van der Waals surface area contributed by atoms with Gasteiger partial charge in [-0.25, -0.2) is 0 Å². The second kappa shape index (κ2) is 6.25. The Labute approximate surface area is 92.6 Å². The Morgan fingerprint density at radius 1 is 1.20 bits per heavy atom. The van der Waals surface area contributed by atoms with Crippen molar-refractivity contribution < 1.29 is 0 Å². The summed E-state index contributed by atoms with van der Waals surface area (Å²) < 4.78 is 0. The highest BCUT2D eigenvalue weighted by Gasteiger charge is 2.01. The normalized spacial score (nSPS) is 10.3. The van der Waals surface area contributed by atoms with Crippen LogP contribution >= 0.6 is 0 Å². The summed E-state index contributed by atoms with van der Waals surface area (Å²) in [7, 11) is 0. The van der Waals surface area contributed by atoms with Crippen molar-refractivity contribution >= 4 is 5.69 Å². The van der Waals surface area contributed by atoms with Gasteiger partial charge in [-0.3, -0.25) is 4.90 Å². The van der Waals surface area contributed by atoms with Gasteiger partial charge in [-0.05, 0) is 25.2 Å². The third-order valence-electron chi connectivity index (χ3n) is 2.40. The molecule has 0 radical (unpaired) electrons. The maximum atomic E-state index is 4.03. The highest BCUT2D eigenvalue weighted by molar-refractivity contribution is 5.47. The van der Waals surface area contributed by atoms with Crippen LogP contribution in [0.2, 0.25) is 0 Å². The van der Waals surface area contributed by atoms with E-state index in [1.165, 1.54) is 0 Å². The molecular weight excluding hydrogens is 184 g/mol. The quantitative estimate of drug-likeness (QED) is 0.766. The number of likely N-dealkylation sites (N-methyl/N-ethyl adjacent to an activating group) is 1. The second-order valence-corrected chi connectivity index (χ2v) is 3.56.